The van der Waals surface area contributed by atoms with E-state index >= 15 is 0 Å². The molecule has 1 aliphatic rings. The van der Waals surface area contributed by atoms with Gasteiger partial charge in [0.2, 0.25) is 0 Å². The standard InChI is InChI=1S/C14H19BrN2O3S/c1-14(12(18)19)3-5-17(6-4-14)13(20)16(2)8-10-7-11(15)21-9-10/h7,9H,3-6,8H2,1-2H3,(H,18,19). The molecule has 116 valence electrons. The molecule has 0 spiro atoms. The number of hydrogen-bond donors (Lipinski definition) is 1. The molecule has 0 aliphatic carbocycles. The van der Waals surface area contributed by atoms with Gasteiger partial charge in [-0.3, -0.25) is 4.79 Å². The highest BCUT2D eigenvalue weighted by molar-refractivity contribution is 9.11. The summed E-state index contributed by atoms with van der Waals surface area (Å²) in [4.78, 5) is 27.0. The van der Waals surface area contributed by atoms with Gasteiger partial charge in [-0.2, -0.15) is 0 Å². The van der Waals surface area contributed by atoms with E-state index < -0.39 is 11.4 Å². The van der Waals surface area contributed by atoms with Crippen molar-refractivity contribution >= 4 is 39.3 Å². The number of carboxylic acids is 1. The van der Waals surface area contributed by atoms with E-state index in [0.717, 1.165) is 9.35 Å². The summed E-state index contributed by atoms with van der Waals surface area (Å²) in [5.74, 6) is -0.772. The van der Waals surface area contributed by atoms with E-state index in [-0.39, 0.29) is 6.03 Å². The lowest BCUT2D eigenvalue weighted by Gasteiger charge is -2.38. The molecule has 1 N–H and O–H groups in total. The number of nitrogens with zero attached hydrogens (tertiary/aromatic N) is 2. The lowest BCUT2D eigenvalue weighted by Crippen LogP contribution is -2.48. The van der Waals surface area contributed by atoms with E-state index in [1.54, 1.807) is 35.1 Å². The molecule has 1 aromatic rings. The Morgan fingerprint density at radius 2 is 2.10 bits per heavy atom. The highest BCUT2D eigenvalue weighted by Gasteiger charge is 2.38. The van der Waals surface area contributed by atoms with Crippen LogP contribution in [0, 0.1) is 5.41 Å². The SMILES string of the molecule is CN(Cc1csc(Br)c1)C(=O)N1CCC(C)(C(=O)O)CC1. The average Bonchev–Trinajstić information content (AvgIpc) is 2.84. The largest absolute Gasteiger partial charge is 0.481 e. The number of likely N-dealkylation sites (tertiary alicyclic amines) is 1. The van der Waals surface area contributed by atoms with Crippen molar-refractivity contribution in [2.24, 2.45) is 5.41 Å². The Hall–Kier alpha value is -1.08. The third-order valence-corrected chi connectivity index (χ3v) is 5.58. The van der Waals surface area contributed by atoms with Crippen LogP contribution >= 0.6 is 27.3 Å². The molecule has 2 rings (SSSR count). The number of halogens is 1. The summed E-state index contributed by atoms with van der Waals surface area (Å²) in [5.41, 5.74) is 0.392. The topological polar surface area (TPSA) is 60.9 Å². The van der Waals surface area contributed by atoms with Crippen molar-refractivity contribution < 1.29 is 14.7 Å². The molecule has 0 atom stereocenters. The van der Waals surface area contributed by atoms with Crippen LogP contribution in [0.1, 0.15) is 25.3 Å². The number of thiophene rings is 1. The fourth-order valence-corrected chi connectivity index (χ4v) is 3.62. The second-order valence-corrected chi connectivity index (χ2v) is 8.04. The van der Waals surface area contributed by atoms with Crippen molar-refractivity contribution in [2.45, 2.75) is 26.3 Å². The second kappa shape index (κ2) is 6.36. The van der Waals surface area contributed by atoms with Crippen LogP contribution in [0.25, 0.3) is 0 Å². The number of carboxylic acid groups (broad SMARTS) is 1. The first-order valence-electron chi connectivity index (χ1n) is 6.78. The van der Waals surface area contributed by atoms with Crippen molar-refractivity contribution in [3.63, 3.8) is 0 Å². The molecule has 0 bridgehead atoms. The van der Waals surface area contributed by atoms with Crippen LogP contribution in [-0.4, -0.2) is 47.0 Å². The fraction of sp³-hybridized carbons (Fsp3) is 0.571. The van der Waals surface area contributed by atoms with Crippen molar-refractivity contribution in [3.05, 3.63) is 20.8 Å². The minimum Gasteiger partial charge on any atom is -0.481 e. The molecule has 0 radical (unpaired) electrons. The highest BCUT2D eigenvalue weighted by atomic mass is 79.9. The third kappa shape index (κ3) is 3.77. The Bertz CT molecular complexity index is 538. The average molecular weight is 375 g/mol. The van der Waals surface area contributed by atoms with Gasteiger partial charge in [0.1, 0.15) is 0 Å². The molecule has 2 heterocycles. The summed E-state index contributed by atoms with van der Waals surface area (Å²) in [6.45, 7) is 3.32. The summed E-state index contributed by atoms with van der Waals surface area (Å²) in [6.07, 6.45) is 1.01. The first kappa shape index (κ1) is 16.3. The van der Waals surface area contributed by atoms with Gasteiger partial charge in [0.25, 0.3) is 0 Å². The minimum atomic E-state index is -0.772. The van der Waals surface area contributed by atoms with Gasteiger partial charge in [-0.15, -0.1) is 11.3 Å². The second-order valence-electron chi connectivity index (χ2n) is 5.75. The maximum Gasteiger partial charge on any atom is 0.320 e. The predicted octanol–water partition coefficient (Wildman–Crippen LogP) is 3.25. The Labute approximate surface area is 136 Å². The van der Waals surface area contributed by atoms with Crippen molar-refractivity contribution in [3.8, 4) is 0 Å². The first-order valence-corrected chi connectivity index (χ1v) is 8.45. The van der Waals surface area contributed by atoms with Gasteiger partial charge in [-0.25, -0.2) is 4.79 Å². The normalized spacial score (nSPS) is 17.6. The third-order valence-electron chi connectivity index (χ3n) is 4.02. The van der Waals surface area contributed by atoms with Crippen LogP contribution in [0.3, 0.4) is 0 Å². The maximum absolute atomic E-state index is 12.4. The highest BCUT2D eigenvalue weighted by Crippen LogP contribution is 2.31. The molecule has 1 aromatic heterocycles. The van der Waals surface area contributed by atoms with E-state index in [1.165, 1.54) is 0 Å². The molecule has 21 heavy (non-hydrogen) atoms. The summed E-state index contributed by atoms with van der Waals surface area (Å²) in [5, 5.41) is 11.2. The van der Waals surface area contributed by atoms with Crippen LogP contribution in [0.5, 0.6) is 0 Å². The summed E-state index contributed by atoms with van der Waals surface area (Å²) < 4.78 is 1.05. The predicted molar refractivity (Wildman–Crippen MR) is 85.4 cm³/mol. The quantitative estimate of drug-likeness (QED) is 0.882. The molecule has 7 heteroatoms. The van der Waals surface area contributed by atoms with E-state index in [2.05, 4.69) is 15.9 Å². The maximum atomic E-state index is 12.4. The molecular weight excluding hydrogens is 356 g/mol. The van der Waals surface area contributed by atoms with E-state index in [1.807, 2.05) is 11.4 Å². The number of piperidine rings is 1. The van der Waals surface area contributed by atoms with Crippen LogP contribution in [0.2, 0.25) is 0 Å². The molecule has 1 aliphatic heterocycles. The van der Waals surface area contributed by atoms with Gasteiger partial charge in [0.15, 0.2) is 0 Å². The summed E-state index contributed by atoms with van der Waals surface area (Å²) in [6, 6.07) is 1.97. The van der Waals surface area contributed by atoms with Gasteiger partial charge in [0, 0.05) is 26.7 Å². The smallest absolute Gasteiger partial charge is 0.320 e. The fourth-order valence-electron chi connectivity index (χ4n) is 2.42. The summed E-state index contributed by atoms with van der Waals surface area (Å²) in [7, 11) is 1.78. The monoisotopic (exact) mass is 374 g/mol. The molecule has 2 amide bonds. The molecule has 1 saturated heterocycles. The van der Waals surface area contributed by atoms with Crippen LogP contribution in [0.15, 0.2) is 15.2 Å². The van der Waals surface area contributed by atoms with Gasteiger partial charge in [0.05, 0.1) is 9.20 Å². The number of urea groups is 1. The Balaban J connectivity index is 1.91. The Morgan fingerprint density at radius 1 is 1.48 bits per heavy atom. The number of amides is 2. The van der Waals surface area contributed by atoms with Crippen molar-refractivity contribution in [1.29, 1.82) is 0 Å². The van der Waals surface area contributed by atoms with Crippen LogP contribution in [-0.2, 0) is 11.3 Å². The number of carbonyl (C=O) groups is 2. The number of rotatable bonds is 3. The zero-order valence-corrected chi connectivity index (χ0v) is 14.5. The number of carbonyl (C=O) groups excluding carboxylic acids is 1. The van der Waals surface area contributed by atoms with E-state index in [4.69, 9.17) is 0 Å². The Morgan fingerprint density at radius 3 is 2.57 bits per heavy atom. The van der Waals surface area contributed by atoms with Crippen LogP contribution in [0.4, 0.5) is 4.79 Å². The molecule has 5 nitrogen and oxygen atoms in total. The van der Waals surface area contributed by atoms with Crippen LogP contribution < -0.4 is 0 Å². The van der Waals surface area contributed by atoms with Gasteiger partial charge in [-0.1, -0.05) is 0 Å². The lowest BCUT2D eigenvalue weighted by atomic mass is 9.80. The summed E-state index contributed by atoms with van der Waals surface area (Å²) >= 11 is 5.01. The number of hydrogen-bond acceptors (Lipinski definition) is 3. The van der Waals surface area contributed by atoms with Crippen molar-refractivity contribution in [2.75, 3.05) is 20.1 Å². The zero-order chi connectivity index (χ0) is 15.6. The van der Waals surface area contributed by atoms with Gasteiger partial charge >= 0.3 is 12.0 Å². The number of aliphatic carboxylic acids is 1. The van der Waals surface area contributed by atoms with Gasteiger partial charge in [-0.05, 0) is 52.7 Å². The molecule has 0 unspecified atom stereocenters. The van der Waals surface area contributed by atoms with E-state index in [9.17, 15) is 14.7 Å². The lowest BCUT2D eigenvalue weighted by molar-refractivity contribution is -0.150. The Kier molecular flexibility index (Phi) is 4.93. The molecule has 0 saturated carbocycles. The molecule has 1 fully saturated rings. The minimum absolute atomic E-state index is 0.0373. The first-order chi connectivity index (χ1) is 9.82. The van der Waals surface area contributed by atoms with Gasteiger partial charge < -0.3 is 14.9 Å². The molecule has 0 aromatic carbocycles. The zero-order valence-electron chi connectivity index (χ0n) is 12.1. The van der Waals surface area contributed by atoms with Crippen molar-refractivity contribution in [1.82, 2.24) is 9.80 Å². The van der Waals surface area contributed by atoms with E-state index in [0.29, 0.717) is 32.5 Å². The molecular formula is C14H19BrN2O3S.